The minimum Gasteiger partial charge on any atom is -0.369 e. The number of hydrogen-bond acceptors (Lipinski definition) is 7. The fourth-order valence-electron chi connectivity index (χ4n) is 5.48. The minimum atomic E-state index is -2.26. The second-order valence-electron chi connectivity index (χ2n) is 10.3. The fourth-order valence-corrected chi connectivity index (χ4v) is 5.48. The van der Waals surface area contributed by atoms with Gasteiger partial charge in [-0.3, -0.25) is 21.1 Å². The molecule has 0 saturated carbocycles. The molecule has 4 atom stereocenters. The lowest BCUT2D eigenvalue weighted by molar-refractivity contribution is -0.129. The Hall–Kier alpha value is -4.50. The van der Waals surface area contributed by atoms with Crippen LogP contribution in [0.4, 0.5) is 0 Å². The predicted molar refractivity (Wildman–Crippen MR) is 158 cm³/mol. The smallest absolute Gasteiger partial charge is 0.194 e. The van der Waals surface area contributed by atoms with E-state index in [4.69, 9.17) is 16.2 Å². The Morgan fingerprint density at radius 1 is 0.610 bits per heavy atom. The monoisotopic (exact) mass is 544 g/mol. The molecule has 0 radical (unpaired) electrons. The molecule has 2 aliphatic rings. The van der Waals surface area contributed by atoms with E-state index in [-0.39, 0.29) is 11.1 Å². The normalized spacial score (nSPS) is 25.7. The van der Waals surface area contributed by atoms with Crippen LogP contribution in [0.2, 0.25) is 0 Å². The maximum Gasteiger partial charge on any atom is 0.194 e. The zero-order valence-corrected chi connectivity index (χ0v) is 22.0. The summed E-state index contributed by atoms with van der Waals surface area (Å²) in [6.45, 7) is 0. The Balaban J connectivity index is 1.27. The molecular weight excluding hydrogens is 516 g/mol. The SMILES string of the molecule is NC1(O)C(C(=O)c2cccc3ccccc23)=CC=CC1OC1C=CC=C(C(=O)c2cccc3ccccc23)C1(N)O. The van der Waals surface area contributed by atoms with E-state index in [0.717, 1.165) is 21.5 Å². The number of nitrogens with two attached hydrogens (primary N) is 2. The molecule has 0 amide bonds. The summed E-state index contributed by atoms with van der Waals surface area (Å²) in [7, 11) is 0. The van der Waals surface area contributed by atoms with Crippen LogP contribution < -0.4 is 11.5 Å². The van der Waals surface area contributed by atoms with Crippen molar-refractivity contribution in [3.8, 4) is 0 Å². The number of ketones is 2. The third-order valence-electron chi connectivity index (χ3n) is 7.68. The van der Waals surface area contributed by atoms with Gasteiger partial charge in [0.25, 0.3) is 0 Å². The highest BCUT2D eigenvalue weighted by Gasteiger charge is 2.47. The molecule has 4 aromatic carbocycles. The molecule has 6 rings (SSSR count). The third-order valence-corrected chi connectivity index (χ3v) is 7.68. The van der Waals surface area contributed by atoms with Gasteiger partial charge in [0, 0.05) is 22.3 Å². The molecule has 7 nitrogen and oxygen atoms in total. The lowest BCUT2D eigenvalue weighted by Crippen LogP contribution is -2.61. The van der Waals surface area contributed by atoms with Crippen LogP contribution in [0.5, 0.6) is 0 Å². The summed E-state index contributed by atoms with van der Waals surface area (Å²) in [6.07, 6.45) is 6.45. The maximum absolute atomic E-state index is 13.7. The van der Waals surface area contributed by atoms with Crippen LogP contribution in [0.15, 0.2) is 133 Å². The highest BCUT2D eigenvalue weighted by molar-refractivity contribution is 6.18. The van der Waals surface area contributed by atoms with Crippen molar-refractivity contribution in [3.63, 3.8) is 0 Å². The van der Waals surface area contributed by atoms with Crippen LogP contribution in [-0.4, -0.2) is 45.4 Å². The van der Waals surface area contributed by atoms with Crippen molar-refractivity contribution in [2.24, 2.45) is 11.5 Å². The number of benzene rings is 4. The number of fused-ring (bicyclic) bond motifs is 2. The number of carbonyl (C=O) groups excluding carboxylic acids is 2. The van der Waals surface area contributed by atoms with Crippen molar-refractivity contribution in [1.82, 2.24) is 0 Å². The van der Waals surface area contributed by atoms with Crippen molar-refractivity contribution >= 4 is 33.1 Å². The predicted octanol–water partition coefficient (Wildman–Crippen LogP) is 4.10. The lowest BCUT2D eigenvalue weighted by atomic mass is 9.84. The quantitative estimate of drug-likeness (QED) is 0.212. The molecule has 0 spiro atoms. The first-order chi connectivity index (χ1) is 19.7. The van der Waals surface area contributed by atoms with Crippen LogP contribution in [0, 0.1) is 0 Å². The molecule has 4 aromatic rings. The highest BCUT2D eigenvalue weighted by Crippen LogP contribution is 2.34. The topological polar surface area (TPSA) is 136 Å². The van der Waals surface area contributed by atoms with E-state index in [1.165, 1.54) is 24.3 Å². The molecule has 0 heterocycles. The second-order valence-corrected chi connectivity index (χ2v) is 10.3. The van der Waals surface area contributed by atoms with Crippen LogP contribution in [-0.2, 0) is 4.74 Å². The molecule has 7 heteroatoms. The van der Waals surface area contributed by atoms with E-state index >= 15 is 0 Å². The average Bonchev–Trinajstić information content (AvgIpc) is 2.97. The number of allylic oxidation sites excluding steroid dienone is 4. The molecule has 2 aliphatic carbocycles. The van der Waals surface area contributed by atoms with E-state index in [1.54, 1.807) is 36.4 Å². The maximum atomic E-state index is 13.7. The van der Waals surface area contributed by atoms with E-state index in [2.05, 4.69) is 0 Å². The highest BCUT2D eigenvalue weighted by atomic mass is 16.5. The molecule has 0 saturated heterocycles. The molecular formula is C34H28N2O5. The summed E-state index contributed by atoms with van der Waals surface area (Å²) in [5, 5.41) is 26.1. The van der Waals surface area contributed by atoms with E-state index in [0.29, 0.717) is 11.1 Å². The summed E-state index contributed by atoms with van der Waals surface area (Å²) < 4.78 is 6.06. The van der Waals surface area contributed by atoms with E-state index in [9.17, 15) is 19.8 Å². The third kappa shape index (κ3) is 4.56. The molecule has 41 heavy (non-hydrogen) atoms. The standard InChI is InChI=1S/C34H28N2O5/c35-33(39)27(31(37)25-15-5-11-21-9-1-3-13-23(21)25)17-7-19-29(33)41-30-20-8-18-28(34(30,36)40)32(38)26-16-6-12-22-10-2-4-14-24(22)26/h1-20,29-30,39-40H,35-36H2. The zero-order valence-electron chi connectivity index (χ0n) is 22.0. The number of carbonyl (C=O) groups is 2. The van der Waals surface area contributed by atoms with E-state index < -0.39 is 35.2 Å². The molecule has 6 N–H and O–H groups in total. The van der Waals surface area contributed by atoms with Crippen molar-refractivity contribution in [2.45, 2.75) is 23.7 Å². The molecule has 0 aromatic heterocycles. The Morgan fingerprint density at radius 2 is 1.00 bits per heavy atom. The number of rotatable bonds is 6. The summed E-state index contributed by atoms with van der Waals surface area (Å²) >= 11 is 0. The zero-order chi connectivity index (χ0) is 28.8. The molecule has 0 bridgehead atoms. The number of ether oxygens (including phenoxy) is 1. The van der Waals surface area contributed by atoms with Gasteiger partial charge in [0.05, 0.1) is 0 Å². The Morgan fingerprint density at radius 3 is 1.44 bits per heavy atom. The van der Waals surface area contributed by atoms with Gasteiger partial charge in [-0.25, -0.2) is 0 Å². The number of aliphatic hydroxyl groups is 2. The summed E-state index contributed by atoms with van der Waals surface area (Å²) in [6, 6.07) is 25.5. The Kier molecular flexibility index (Phi) is 6.62. The lowest BCUT2D eigenvalue weighted by Gasteiger charge is -2.40. The first-order valence-electron chi connectivity index (χ1n) is 13.2. The van der Waals surface area contributed by atoms with Gasteiger partial charge in [0.2, 0.25) is 0 Å². The van der Waals surface area contributed by atoms with Crippen LogP contribution in [0.25, 0.3) is 21.5 Å². The van der Waals surface area contributed by atoms with Crippen molar-refractivity contribution in [3.05, 3.63) is 144 Å². The molecule has 0 aliphatic heterocycles. The van der Waals surface area contributed by atoms with Crippen LogP contribution in [0.3, 0.4) is 0 Å². The fraction of sp³-hybridized carbons (Fsp3) is 0.118. The van der Waals surface area contributed by atoms with Crippen molar-refractivity contribution in [1.29, 1.82) is 0 Å². The van der Waals surface area contributed by atoms with Crippen LogP contribution >= 0.6 is 0 Å². The Bertz CT molecular complexity index is 1690. The van der Waals surface area contributed by atoms with Gasteiger partial charge in [-0.1, -0.05) is 121 Å². The Labute approximate surface area is 236 Å². The number of Topliss-reactive ketones (excluding diaryl/α,β-unsaturated/α-hetero) is 2. The van der Waals surface area contributed by atoms with Gasteiger partial charge >= 0.3 is 0 Å². The first kappa shape index (κ1) is 26.7. The van der Waals surface area contributed by atoms with Gasteiger partial charge in [-0.15, -0.1) is 0 Å². The van der Waals surface area contributed by atoms with Gasteiger partial charge in [-0.05, 0) is 21.5 Å². The summed E-state index contributed by atoms with van der Waals surface area (Å²) in [5.41, 5.74) is 8.82. The molecule has 4 unspecified atom stereocenters. The first-order valence-corrected chi connectivity index (χ1v) is 13.2. The second kappa shape index (κ2) is 10.2. The van der Waals surface area contributed by atoms with Gasteiger partial charge in [0.15, 0.2) is 23.0 Å². The largest absolute Gasteiger partial charge is 0.369 e. The van der Waals surface area contributed by atoms with Gasteiger partial charge < -0.3 is 14.9 Å². The van der Waals surface area contributed by atoms with Crippen LogP contribution in [0.1, 0.15) is 20.7 Å². The minimum absolute atomic E-state index is 0.0794. The molecule has 0 fully saturated rings. The van der Waals surface area contributed by atoms with Crippen molar-refractivity contribution < 1.29 is 24.5 Å². The summed E-state index contributed by atoms with van der Waals surface area (Å²) in [5.74, 6) is -0.919. The average molecular weight is 545 g/mol. The summed E-state index contributed by atoms with van der Waals surface area (Å²) in [4.78, 5) is 27.3. The van der Waals surface area contributed by atoms with E-state index in [1.807, 2.05) is 60.7 Å². The van der Waals surface area contributed by atoms with Crippen molar-refractivity contribution in [2.75, 3.05) is 0 Å². The molecule has 204 valence electrons. The van der Waals surface area contributed by atoms with Gasteiger partial charge in [0.1, 0.15) is 12.2 Å². The number of hydrogen-bond donors (Lipinski definition) is 4. The van der Waals surface area contributed by atoms with Gasteiger partial charge in [-0.2, -0.15) is 0 Å².